The summed E-state index contributed by atoms with van der Waals surface area (Å²) < 4.78 is 37.6. The molecule has 2 rings (SSSR count). The van der Waals surface area contributed by atoms with Crippen molar-refractivity contribution in [2.45, 2.75) is 23.5 Å². The molecule has 3 nitrogen and oxygen atoms in total. The van der Waals surface area contributed by atoms with Crippen LogP contribution in [0.1, 0.15) is 12.5 Å². The molecule has 0 aliphatic carbocycles. The van der Waals surface area contributed by atoms with Crippen molar-refractivity contribution >= 4 is 22.8 Å². The van der Waals surface area contributed by atoms with Gasteiger partial charge in [-0.05, 0) is 18.2 Å². The molecule has 3 N–H and O–H groups in total. The van der Waals surface area contributed by atoms with E-state index in [4.69, 9.17) is 5.73 Å². The molecule has 0 aliphatic rings. The second-order valence-electron chi connectivity index (χ2n) is 3.94. The molecule has 1 heterocycles. The van der Waals surface area contributed by atoms with E-state index in [9.17, 15) is 13.2 Å². The van der Waals surface area contributed by atoms with Crippen LogP contribution in [0.15, 0.2) is 23.4 Å². The number of fused-ring (bicyclic) bond motifs is 1. The van der Waals surface area contributed by atoms with Gasteiger partial charge in [0.15, 0.2) is 5.16 Å². The first-order chi connectivity index (χ1) is 8.40. The highest BCUT2D eigenvalue weighted by atomic mass is 32.2. The van der Waals surface area contributed by atoms with E-state index < -0.39 is 11.7 Å². The van der Waals surface area contributed by atoms with E-state index in [1.807, 2.05) is 6.92 Å². The summed E-state index contributed by atoms with van der Waals surface area (Å²) in [6.45, 7) is 2.41. The number of alkyl halides is 3. The summed E-state index contributed by atoms with van der Waals surface area (Å²) in [7, 11) is 0. The number of nitrogens with zero attached hydrogens (tertiary/aromatic N) is 1. The fourth-order valence-corrected chi connectivity index (χ4v) is 2.25. The van der Waals surface area contributed by atoms with Gasteiger partial charge in [-0.2, -0.15) is 13.2 Å². The first-order valence-electron chi connectivity index (χ1n) is 5.34. The molecule has 0 bridgehead atoms. The molecule has 1 aromatic heterocycles. The molecule has 0 radical (unpaired) electrons. The third-order valence-electron chi connectivity index (χ3n) is 2.43. The van der Waals surface area contributed by atoms with E-state index in [-0.39, 0.29) is 5.25 Å². The lowest BCUT2D eigenvalue weighted by atomic mass is 10.2. The Morgan fingerprint density at radius 2 is 2.17 bits per heavy atom. The zero-order chi connectivity index (χ0) is 13.3. The zero-order valence-corrected chi connectivity index (χ0v) is 10.4. The summed E-state index contributed by atoms with van der Waals surface area (Å²) in [5.74, 6) is 0. The van der Waals surface area contributed by atoms with E-state index in [2.05, 4.69) is 9.97 Å². The number of nitrogens with one attached hydrogen (secondary N) is 1. The molecule has 18 heavy (non-hydrogen) atoms. The molecule has 7 heteroatoms. The summed E-state index contributed by atoms with van der Waals surface area (Å²) in [6.07, 6.45) is -4.34. The average molecular weight is 275 g/mol. The highest BCUT2D eigenvalue weighted by Gasteiger charge is 2.30. The van der Waals surface area contributed by atoms with Gasteiger partial charge in [0.1, 0.15) is 0 Å². The van der Waals surface area contributed by atoms with Gasteiger partial charge in [0.05, 0.1) is 16.6 Å². The van der Waals surface area contributed by atoms with Crippen molar-refractivity contribution in [2.24, 2.45) is 5.73 Å². The summed E-state index contributed by atoms with van der Waals surface area (Å²) in [5.41, 5.74) is 5.71. The van der Waals surface area contributed by atoms with Gasteiger partial charge in [-0.25, -0.2) is 4.98 Å². The number of halogens is 3. The normalized spacial score (nSPS) is 14.1. The number of H-pyrrole nitrogens is 1. The second-order valence-corrected chi connectivity index (χ2v) is 5.36. The van der Waals surface area contributed by atoms with Crippen molar-refractivity contribution in [1.82, 2.24) is 9.97 Å². The maximum Gasteiger partial charge on any atom is 0.416 e. The Morgan fingerprint density at radius 1 is 1.44 bits per heavy atom. The van der Waals surface area contributed by atoms with Crippen LogP contribution in [0.4, 0.5) is 13.2 Å². The van der Waals surface area contributed by atoms with Gasteiger partial charge in [-0.1, -0.05) is 18.7 Å². The average Bonchev–Trinajstić information content (AvgIpc) is 2.68. The number of hydrogen-bond donors (Lipinski definition) is 2. The number of nitrogens with two attached hydrogens (primary N) is 1. The van der Waals surface area contributed by atoms with Gasteiger partial charge in [-0.3, -0.25) is 0 Å². The Balaban J connectivity index is 2.34. The molecule has 0 spiro atoms. The van der Waals surface area contributed by atoms with E-state index in [1.165, 1.54) is 17.8 Å². The van der Waals surface area contributed by atoms with Crippen LogP contribution in [-0.2, 0) is 6.18 Å². The van der Waals surface area contributed by atoms with Crippen LogP contribution in [0.3, 0.4) is 0 Å². The molecule has 1 atom stereocenters. The Bertz CT molecular complexity index is 550. The minimum absolute atomic E-state index is 0.160. The number of aromatic amines is 1. The Kier molecular flexibility index (Phi) is 3.54. The van der Waals surface area contributed by atoms with Crippen molar-refractivity contribution < 1.29 is 13.2 Å². The predicted octanol–water partition coefficient (Wildman–Crippen LogP) is 3.02. The molecule has 0 saturated carbocycles. The molecule has 1 unspecified atom stereocenters. The third-order valence-corrected chi connectivity index (χ3v) is 3.44. The number of thioether (sulfide) groups is 1. The van der Waals surface area contributed by atoms with Crippen LogP contribution in [0.5, 0.6) is 0 Å². The number of rotatable bonds is 3. The number of imidazole rings is 1. The lowest BCUT2D eigenvalue weighted by Crippen LogP contribution is -2.12. The lowest BCUT2D eigenvalue weighted by molar-refractivity contribution is -0.137. The molecule has 2 aromatic rings. The van der Waals surface area contributed by atoms with E-state index in [0.717, 1.165) is 12.1 Å². The SMILES string of the molecule is CC(CN)Sc1nc2ccc(C(F)(F)F)cc2[nH]1. The molecule has 0 saturated heterocycles. The zero-order valence-electron chi connectivity index (χ0n) is 9.58. The van der Waals surface area contributed by atoms with Crippen LogP contribution < -0.4 is 5.73 Å². The van der Waals surface area contributed by atoms with Crippen LogP contribution >= 0.6 is 11.8 Å². The minimum atomic E-state index is -4.34. The van der Waals surface area contributed by atoms with Crippen molar-refractivity contribution in [3.8, 4) is 0 Å². The van der Waals surface area contributed by atoms with Gasteiger partial charge >= 0.3 is 6.18 Å². The third kappa shape index (κ3) is 2.78. The fourth-order valence-electron chi connectivity index (χ4n) is 1.46. The van der Waals surface area contributed by atoms with Gasteiger partial charge in [0, 0.05) is 11.8 Å². The topological polar surface area (TPSA) is 54.7 Å². The Labute approximate surface area is 106 Å². The van der Waals surface area contributed by atoms with E-state index >= 15 is 0 Å². The van der Waals surface area contributed by atoms with Crippen molar-refractivity contribution in [3.63, 3.8) is 0 Å². The Morgan fingerprint density at radius 3 is 2.78 bits per heavy atom. The minimum Gasteiger partial charge on any atom is -0.333 e. The highest BCUT2D eigenvalue weighted by molar-refractivity contribution is 7.99. The molecular formula is C11H12F3N3S. The smallest absolute Gasteiger partial charge is 0.333 e. The largest absolute Gasteiger partial charge is 0.416 e. The van der Waals surface area contributed by atoms with Gasteiger partial charge < -0.3 is 10.7 Å². The Hall–Kier alpha value is -1.21. The molecule has 0 fully saturated rings. The molecule has 0 aliphatic heterocycles. The number of hydrogen-bond acceptors (Lipinski definition) is 3. The summed E-state index contributed by atoms with van der Waals surface area (Å²) in [6, 6.07) is 3.47. The van der Waals surface area contributed by atoms with Crippen LogP contribution in [0.2, 0.25) is 0 Å². The molecule has 98 valence electrons. The fraction of sp³-hybridized carbons (Fsp3) is 0.364. The van der Waals surface area contributed by atoms with Crippen molar-refractivity contribution in [1.29, 1.82) is 0 Å². The lowest BCUT2D eigenvalue weighted by Gasteiger charge is -2.05. The van der Waals surface area contributed by atoms with Gasteiger partial charge in [-0.15, -0.1) is 0 Å². The summed E-state index contributed by atoms with van der Waals surface area (Å²) in [4.78, 5) is 7.08. The molecular weight excluding hydrogens is 263 g/mol. The highest BCUT2D eigenvalue weighted by Crippen LogP contribution is 2.31. The molecule has 0 amide bonds. The van der Waals surface area contributed by atoms with Crippen molar-refractivity contribution in [2.75, 3.05) is 6.54 Å². The summed E-state index contributed by atoms with van der Waals surface area (Å²) in [5, 5.41) is 0.745. The first kappa shape index (κ1) is 13.2. The van der Waals surface area contributed by atoms with Gasteiger partial charge in [0.2, 0.25) is 0 Å². The van der Waals surface area contributed by atoms with Gasteiger partial charge in [0.25, 0.3) is 0 Å². The standard InChI is InChI=1S/C11H12F3N3S/c1-6(5-15)18-10-16-8-3-2-7(11(12,13)14)4-9(8)17-10/h2-4,6H,5,15H2,1H3,(H,16,17). The first-order valence-corrected chi connectivity index (χ1v) is 6.22. The van der Waals surface area contributed by atoms with Crippen LogP contribution in [-0.4, -0.2) is 21.8 Å². The van der Waals surface area contributed by atoms with E-state index in [0.29, 0.717) is 22.7 Å². The van der Waals surface area contributed by atoms with E-state index in [1.54, 1.807) is 0 Å². The quantitative estimate of drug-likeness (QED) is 0.847. The number of aromatic nitrogens is 2. The van der Waals surface area contributed by atoms with Crippen LogP contribution in [0, 0.1) is 0 Å². The van der Waals surface area contributed by atoms with Crippen LogP contribution in [0.25, 0.3) is 11.0 Å². The van der Waals surface area contributed by atoms with Crippen molar-refractivity contribution in [3.05, 3.63) is 23.8 Å². The monoisotopic (exact) mass is 275 g/mol. The number of benzene rings is 1. The predicted molar refractivity (Wildman–Crippen MR) is 65.5 cm³/mol. The molecule has 1 aromatic carbocycles. The second kappa shape index (κ2) is 4.81. The summed E-state index contributed by atoms with van der Waals surface area (Å²) >= 11 is 1.41. The maximum atomic E-state index is 12.5. The maximum absolute atomic E-state index is 12.5.